The number of hydrogen-bond donors (Lipinski definition) is 2. The number of nitrogens with one attached hydrogen (secondary N) is 1. The Labute approximate surface area is 174 Å². The third kappa shape index (κ3) is 4.12. The van der Waals surface area contributed by atoms with Gasteiger partial charge < -0.3 is 16.0 Å². The summed E-state index contributed by atoms with van der Waals surface area (Å²) in [5.74, 6) is 1.17. The molecule has 26 heavy (non-hydrogen) atoms. The summed E-state index contributed by atoms with van der Waals surface area (Å²) in [5.41, 5.74) is 6.18. The third-order valence-electron chi connectivity index (χ3n) is 5.36. The average Bonchev–Trinajstić information content (AvgIpc) is 3.06. The molecule has 146 valence electrons. The molecule has 2 saturated carbocycles. The molecule has 0 spiro atoms. The summed E-state index contributed by atoms with van der Waals surface area (Å²) >= 11 is 3.13. The van der Waals surface area contributed by atoms with Gasteiger partial charge in [-0.2, -0.15) is 0 Å². The van der Waals surface area contributed by atoms with Crippen molar-refractivity contribution in [1.29, 1.82) is 0 Å². The molecule has 2 aliphatic carbocycles. The van der Waals surface area contributed by atoms with Crippen LogP contribution >= 0.6 is 47.5 Å². The van der Waals surface area contributed by atoms with Crippen LogP contribution in [0.3, 0.4) is 0 Å². The number of nitrogens with two attached hydrogens (primary N) is 1. The summed E-state index contributed by atoms with van der Waals surface area (Å²) in [4.78, 5) is 21.1. The molecule has 4 rings (SSSR count). The van der Waals surface area contributed by atoms with Crippen LogP contribution in [0.5, 0.6) is 0 Å². The van der Waals surface area contributed by atoms with Crippen LogP contribution in [0.1, 0.15) is 41.8 Å². The number of anilines is 1. The van der Waals surface area contributed by atoms with Gasteiger partial charge in [0, 0.05) is 26.2 Å². The summed E-state index contributed by atoms with van der Waals surface area (Å²) in [6.07, 6.45) is 5.77. The molecule has 5 nitrogen and oxygen atoms in total. The molecule has 2 aliphatic rings. The van der Waals surface area contributed by atoms with E-state index in [2.05, 4.69) is 10.3 Å². The van der Waals surface area contributed by atoms with Crippen molar-refractivity contribution in [3.63, 3.8) is 0 Å². The van der Waals surface area contributed by atoms with E-state index in [9.17, 15) is 4.79 Å². The lowest BCUT2D eigenvalue weighted by atomic mass is 9.67. The molecule has 2 bridgehead atoms. The van der Waals surface area contributed by atoms with Crippen LogP contribution in [0.4, 0.5) is 5.13 Å². The van der Waals surface area contributed by atoms with Gasteiger partial charge >= 0.3 is 0 Å². The van der Waals surface area contributed by atoms with Crippen LogP contribution in [0, 0.1) is 11.8 Å². The Morgan fingerprint density at radius 2 is 1.88 bits per heavy atom. The van der Waals surface area contributed by atoms with E-state index >= 15 is 0 Å². The Balaban J connectivity index is 0.00000121. The van der Waals surface area contributed by atoms with Gasteiger partial charge in [-0.05, 0) is 43.6 Å². The maximum Gasteiger partial charge on any atom is 0.261 e. The van der Waals surface area contributed by atoms with E-state index in [1.165, 1.54) is 30.6 Å². The Kier molecular flexibility index (Phi) is 7.18. The van der Waals surface area contributed by atoms with Gasteiger partial charge in [0.1, 0.15) is 4.83 Å². The van der Waals surface area contributed by atoms with Crippen molar-refractivity contribution in [3.05, 3.63) is 10.9 Å². The number of halogens is 2. The highest BCUT2D eigenvalue weighted by Gasteiger charge is 2.40. The molecule has 2 fully saturated rings. The zero-order valence-corrected chi connectivity index (χ0v) is 18.2. The Morgan fingerprint density at radius 3 is 2.46 bits per heavy atom. The van der Waals surface area contributed by atoms with Crippen LogP contribution < -0.4 is 16.0 Å². The molecular weight excluding hydrogens is 411 g/mol. The first-order valence-corrected chi connectivity index (χ1v) is 10.3. The quantitative estimate of drug-likeness (QED) is 0.764. The van der Waals surface area contributed by atoms with E-state index in [-0.39, 0.29) is 30.7 Å². The lowest BCUT2D eigenvalue weighted by Gasteiger charge is -2.45. The number of hydrogen-bond acceptors (Lipinski definition) is 6. The Morgan fingerprint density at radius 1 is 1.23 bits per heavy atom. The van der Waals surface area contributed by atoms with Gasteiger partial charge in [-0.25, -0.2) is 4.98 Å². The lowest BCUT2D eigenvalue weighted by molar-refractivity contribution is 0.0759. The fourth-order valence-corrected chi connectivity index (χ4v) is 6.31. The maximum atomic E-state index is 12.7. The van der Waals surface area contributed by atoms with Crippen LogP contribution in [0.2, 0.25) is 0 Å². The van der Waals surface area contributed by atoms with Gasteiger partial charge in [0.05, 0.1) is 9.58 Å². The highest BCUT2D eigenvalue weighted by atomic mass is 35.5. The first-order chi connectivity index (χ1) is 11.5. The van der Waals surface area contributed by atoms with E-state index in [1.807, 2.05) is 25.1 Å². The third-order valence-corrected chi connectivity index (χ3v) is 7.69. The summed E-state index contributed by atoms with van der Waals surface area (Å²) in [7, 11) is 3.98. The highest BCUT2D eigenvalue weighted by Crippen LogP contribution is 2.40. The van der Waals surface area contributed by atoms with Crippen LogP contribution in [-0.2, 0) is 0 Å². The lowest BCUT2D eigenvalue weighted by Crippen LogP contribution is -2.53. The molecule has 0 radical (unpaired) electrons. The minimum Gasteiger partial charge on any atom is -0.354 e. The van der Waals surface area contributed by atoms with Gasteiger partial charge in [-0.1, -0.05) is 17.8 Å². The maximum absolute atomic E-state index is 12.7. The SMILES string of the molecule is CN(C)c1nc2sc(C(=O)NC3C4CCCC3CC(N)C4)cc2s1.Cl.Cl. The number of rotatable bonds is 3. The number of amides is 1. The molecule has 0 aliphatic heterocycles. The van der Waals surface area contributed by atoms with Gasteiger partial charge in [0.25, 0.3) is 5.91 Å². The van der Waals surface area contributed by atoms with E-state index in [0.717, 1.165) is 32.4 Å². The van der Waals surface area contributed by atoms with Crippen LogP contribution in [-0.4, -0.2) is 37.1 Å². The first-order valence-electron chi connectivity index (χ1n) is 8.65. The molecule has 1 amide bonds. The molecule has 2 atom stereocenters. The Bertz CT molecular complexity index is 718. The topological polar surface area (TPSA) is 71.2 Å². The molecule has 9 heteroatoms. The predicted octanol–water partition coefficient (Wildman–Crippen LogP) is 3.90. The zero-order chi connectivity index (χ0) is 16.8. The normalized spacial score (nSPS) is 27.3. The van der Waals surface area contributed by atoms with Gasteiger partial charge in [-0.3, -0.25) is 4.79 Å². The van der Waals surface area contributed by atoms with E-state index in [0.29, 0.717) is 23.9 Å². The molecule has 0 aromatic carbocycles. The van der Waals surface area contributed by atoms with Gasteiger partial charge in [-0.15, -0.1) is 36.2 Å². The fraction of sp³-hybridized carbons (Fsp3) is 0.647. The largest absolute Gasteiger partial charge is 0.354 e. The van der Waals surface area contributed by atoms with E-state index < -0.39 is 0 Å². The standard InChI is InChI=1S/C17H24N4OS2.2ClH/c1-21(2)17-20-16-13(24-17)8-12(23-16)15(22)19-14-9-4-3-5-10(14)7-11(18)6-9;;/h8-11,14H,3-7,18H2,1-2H3,(H,19,22);2*1H. The number of thiazole rings is 1. The van der Waals surface area contributed by atoms with Crippen molar-refractivity contribution in [2.45, 2.75) is 44.2 Å². The summed E-state index contributed by atoms with van der Waals surface area (Å²) < 4.78 is 1.10. The second kappa shape index (κ2) is 8.61. The minimum atomic E-state index is 0. The predicted molar refractivity (Wildman–Crippen MR) is 116 cm³/mol. The summed E-state index contributed by atoms with van der Waals surface area (Å²) in [6, 6.07) is 2.61. The number of nitrogens with zero attached hydrogens (tertiary/aromatic N) is 2. The van der Waals surface area contributed by atoms with Crippen molar-refractivity contribution >= 4 is 68.1 Å². The second-order valence-electron chi connectivity index (χ2n) is 7.35. The van der Waals surface area contributed by atoms with Crippen molar-refractivity contribution in [2.75, 3.05) is 19.0 Å². The number of aromatic nitrogens is 1. The number of carbonyl (C=O) groups is 1. The van der Waals surface area contributed by atoms with Crippen LogP contribution in [0.25, 0.3) is 9.53 Å². The number of thiophene rings is 1. The molecule has 3 N–H and O–H groups in total. The fourth-order valence-electron chi connectivity index (χ4n) is 4.27. The monoisotopic (exact) mass is 436 g/mol. The van der Waals surface area contributed by atoms with Crippen molar-refractivity contribution in [1.82, 2.24) is 10.3 Å². The van der Waals surface area contributed by atoms with E-state index in [1.54, 1.807) is 11.3 Å². The molecule has 2 heterocycles. The molecular formula is C17H26Cl2N4OS2. The first kappa shape index (κ1) is 21.7. The van der Waals surface area contributed by atoms with E-state index in [4.69, 9.17) is 5.73 Å². The van der Waals surface area contributed by atoms with Crippen molar-refractivity contribution < 1.29 is 4.79 Å². The van der Waals surface area contributed by atoms with Crippen molar-refractivity contribution in [3.8, 4) is 0 Å². The van der Waals surface area contributed by atoms with Gasteiger partial charge in [0.2, 0.25) is 0 Å². The second-order valence-corrected chi connectivity index (χ2v) is 9.39. The Hall–Kier alpha value is -0.600. The number of fused-ring (bicyclic) bond motifs is 3. The molecule has 0 saturated heterocycles. The molecule has 2 aromatic heterocycles. The summed E-state index contributed by atoms with van der Waals surface area (Å²) in [5, 5.41) is 4.31. The summed E-state index contributed by atoms with van der Waals surface area (Å²) in [6.45, 7) is 0. The smallest absolute Gasteiger partial charge is 0.261 e. The zero-order valence-electron chi connectivity index (χ0n) is 14.9. The van der Waals surface area contributed by atoms with Crippen LogP contribution in [0.15, 0.2) is 6.07 Å². The minimum absolute atomic E-state index is 0. The molecule has 2 aromatic rings. The van der Waals surface area contributed by atoms with Crippen molar-refractivity contribution in [2.24, 2.45) is 17.6 Å². The number of carbonyl (C=O) groups excluding carboxylic acids is 1. The highest BCUT2D eigenvalue weighted by molar-refractivity contribution is 7.29. The van der Waals surface area contributed by atoms with Gasteiger partial charge in [0.15, 0.2) is 5.13 Å². The molecule has 2 unspecified atom stereocenters. The average molecular weight is 437 g/mol.